The smallest absolute Gasteiger partial charge is 0.261 e. The molecule has 1 aliphatic rings. The molecule has 2 aromatic carbocycles. The van der Waals surface area contributed by atoms with E-state index in [1.807, 2.05) is 0 Å². The third-order valence-electron chi connectivity index (χ3n) is 4.58. The van der Waals surface area contributed by atoms with Gasteiger partial charge in [-0.2, -0.15) is 0 Å². The number of rotatable bonds is 5. The largest absolute Gasteiger partial charge is 0.393 e. The number of likely N-dealkylation sites (tertiary alicyclic amines) is 1. The molecule has 0 unspecified atom stereocenters. The summed E-state index contributed by atoms with van der Waals surface area (Å²) >= 11 is 0. The van der Waals surface area contributed by atoms with Gasteiger partial charge in [-0.25, -0.2) is 17.2 Å². The van der Waals surface area contributed by atoms with Gasteiger partial charge in [-0.15, -0.1) is 0 Å². The van der Waals surface area contributed by atoms with E-state index in [4.69, 9.17) is 0 Å². The Morgan fingerprint density at radius 2 is 1.71 bits per heavy atom. The van der Waals surface area contributed by atoms with Gasteiger partial charge >= 0.3 is 0 Å². The van der Waals surface area contributed by atoms with Gasteiger partial charge in [0.2, 0.25) is 5.91 Å². The third kappa shape index (κ3) is 4.85. The molecular formula is C19H20F2N2O4S. The number of amides is 1. The van der Waals surface area contributed by atoms with Crippen LogP contribution in [0.5, 0.6) is 0 Å². The van der Waals surface area contributed by atoms with Crippen molar-refractivity contribution in [2.45, 2.75) is 30.3 Å². The first-order chi connectivity index (χ1) is 13.2. The molecule has 1 heterocycles. The number of halogens is 2. The zero-order valence-corrected chi connectivity index (χ0v) is 15.8. The number of aliphatic hydroxyl groups excluding tert-OH is 1. The predicted octanol–water partition coefficient (Wildman–Crippen LogP) is 2.29. The number of anilines is 1. The van der Waals surface area contributed by atoms with Crippen molar-refractivity contribution >= 4 is 21.6 Å². The van der Waals surface area contributed by atoms with Crippen molar-refractivity contribution in [3.8, 4) is 0 Å². The summed E-state index contributed by atoms with van der Waals surface area (Å²) in [5.41, 5.74) is 0.953. The molecule has 28 heavy (non-hydrogen) atoms. The van der Waals surface area contributed by atoms with Crippen molar-refractivity contribution < 1.29 is 27.1 Å². The molecule has 0 aromatic heterocycles. The highest BCUT2D eigenvalue weighted by Crippen LogP contribution is 2.19. The Kier molecular flexibility index (Phi) is 5.95. The van der Waals surface area contributed by atoms with Crippen LogP contribution in [0.3, 0.4) is 0 Å². The van der Waals surface area contributed by atoms with Gasteiger partial charge in [0.05, 0.1) is 17.4 Å². The second-order valence-electron chi connectivity index (χ2n) is 6.67. The fraction of sp³-hybridized carbons (Fsp3) is 0.316. The van der Waals surface area contributed by atoms with Crippen LogP contribution in [0.15, 0.2) is 47.4 Å². The number of nitrogens with zero attached hydrogens (tertiary/aromatic N) is 1. The molecule has 3 rings (SSSR count). The molecule has 0 aliphatic carbocycles. The Morgan fingerprint density at radius 1 is 1.07 bits per heavy atom. The summed E-state index contributed by atoms with van der Waals surface area (Å²) in [5, 5.41) is 9.50. The minimum absolute atomic E-state index is 0.0537. The second kappa shape index (κ2) is 8.24. The van der Waals surface area contributed by atoms with E-state index in [2.05, 4.69) is 4.72 Å². The lowest BCUT2D eigenvalue weighted by atomic mass is 10.1. The molecule has 1 saturated heterocycles. The number of nitrogens with one attached hydrogen (secondary N) is 1. The van der Waals surface area contributed by atoms with Crippen LogP contribution in [0.25, 0.3) is 0 Å². The fourth-order valence-electron chi connectivity index (χ4n) is 2.95. The topological polar surface area (TPSA) is 86.7 Å². The van der Waals surface area contributed by atoms with Crippen molar-refractivity contribution in [2.24, 2.45) is 0 Å². The van der Waals surface area contributed by atoms with E-state index in [1.165, 1.54) is 12.1 Å². The molecular weight excluding hydrogens is 390 g/mol. The predicted molar refractivity (Wildman–Crippen MR) is 99.1 cm³/mol. The number of carbonyl (C=O) groups excluding carboxylic acids is 1. The van der Waals surface area contributed by atoms with E-state index in [1.54, 1.807) is 17.0 Å². The third-order valence-corrected chi connectivity index (χ3v) is 5.96. The molecule has 1 amide bonds. The van der Waals surface area contributed by atoms with Crippen LogP contribution in [0, 0.1) is 11.6 Å². The first-order valence-electron chi connectivity index (χ1n) is 8.77. The van der Waals surface area contributed by atoms with Gasteiger partial charge in [0.25, 0.3) is 10.0 Å². The minimum Gasteiger partial charge on any atom is -0.393 e. The Morgan fingerprint density at radius 3 is 2.32 bits per heavy atom. The van der Waals surface area contributed by atoms with Gasteiger partial charge < -0.3 is 10.0 Å². The van der Waals surface area contributed by atoms with Crippen LogP contribution in [-0.4, -0.2) is 43.5 Å². The number of benzene rings is 2. The lowest BCUT2D eigenvalue weighted by Gasteiger charge is -2.29. The molecule has 9 heteroatoms. The lowest BCUT2D eigenvalue weighted by Crippen LogP contribution is -2.40. The molecule has 150 valence electrons. The maximum atomic E-state index is 13.3. The molecule has 1 aliphatic heterocycles. The average Bonchev–Trinajstić information content (AvgIpc) is 2.65. The van der Waals surface area contributed by atoms with Gasteiger partial charge in [-0.05, 0) is 48.7 Å². The van der Waals surface area contributed by atoms with Crippen molar-refractivity contribution in [3.63, 3.8) is 0 Å². The number of aliphatic hydroxyl groups is 1. The zero-order valence-electron chi connectivity index (χ0n) is 14.9. The second-order valence-corrected chi connectivity index (χ2v) is 8.35. The summed E-state index contributed by atoms with van der Waals surface area (Å²) < 4.78 is 53.1. The number of piperidine rings is 1. The monoisotopic (exact) mass is 410 g/mol. The van der Waals surface area contributed by atoms with Gasteiger partial charge in [-0.1, -0.05) is 12.1 Å². The lowest BCUT2D eigenvalue weighted by molar-refractivity contribution is -0.132. The van der Waals surface area contributed by atoms with Crippen LogP contribution in [0.2, 0.25) is 0 Å². The summed E-state index contributed by atoms with van der Waals surface area (Å²) in [5.74, 6) is -2.43. The van der Waals surface area contributed by atoms with E-state index >= 15 is 0 Å². The Balaban J connectivity index is 1.64. The molecule has 0 bridgehead atoms. The van der Waals surface area contributed by atoms with Crippen molar-refractivity contribution in [2.75, 3.05) is 17.8 Å². The number of carbonyl (C=O) groups is 1. The zero-order chi connectivity index (χ0) is 20.3. The fourth-order valence-corrected chi connectivity index (χ4v) is 4.02. The summed E-state index contributed by atoms with van der Waals surface area (Å²) in [7, 11) is -4.07. The molecule has 1 fully saturated rings. The highest BCUT2D eigenvalue weighted by molar-refractivity contribution is 7.92. The van der Waals surface area contributed by atoms with E-state index in [0.717, 1.165) is 12.1 Å². The van der Waals surface area contributed by atoms with Crippen LogP contribution in [0.4, 0.5) is 14.5 Å². The first-order valence-corrected chi connectivity index (χ1v) is 10.3. The number of hydrogen-bond acceptors (Lipinski definition) is 4. The summed E-state index contributed by atoms with van der Waals surface area (Å²) in [6.07, 6.45) is 0.949. The van der Waals surface area contributed by atoms with Gasteiger partial charge in [0.15, 0.2) is 11.6 Å². The van der Waals surface area contributed by atoms with E-state index in [-0.39, 0.29) is 24.1 Å². The van der Waals surface area contributed by atoms with E-state index in [0.29, 0.717) is 37.6 Å². The summed E-state index contributed by atoms with van der Waals surface area (Å²) in [6, 6.07) is 8.58. The highest BCUT2D eigenvalue weighted by Gasteiger charge is 2.21. The van der Waals surface area contributed by atoms with Gasteiger partial charge in [0.1, 0.15) is 0 Å². The molecule has 0 spiro atoms. The molecule has 2 N–H and O–H groups in total. The van der Waals surface area contributed by atoms with E-state index < -0.39 is 26.6 Å². The van der Waals surface area contributed by atoms with Crippen molar-refractivity contribution in [1.29, 1.82) is 0 Å². The van der Waals surface area contributed by atoms with Crippen LogP contribution in [0.1, 0.15) is 18.4 Å². The Hall–Kier alpha value is -2.52. The van der Waals surface area contributed by atoms with Gasteiger partial charge in [0, 0.05) is 18.8 Å². The SMILES string of the molecule is O=C(Cc1ccc(NS(=O)(=O)c2ccc(F)c(F)c2)cc1)N1CCC(O)CC1. The molecule has 2 aromatic rings. The van der Waals surface area contributed by atoms with Crippen molar-refractivity contribution in [1.82, 2.24) is 4.90 Å². The normalized spacial score (nSPS) is 15.5. The summed E-state index contributed by atoms with van der Waals surface area (Å²) in [4.78, 5) is 13.6. The first kappa shape index (κ1) is 20.2. The Labute approximate surface area is 161 Å². The van der Waals surface area contributed by atoms with E-state index in [9.17, 15) is 27.1 Å². The number of sulfonamides is 1. The average molecular weight is 410 g/mol. The molecule has 0 atom stereocenters. The van der Waals surface area contributed by atoms with Crippen LogP contribution in [-0.2, 0) is 21.2 Å². The van der Waals surface area contributed by atoms with Gasteiger partial charge in [-0.3, -0.25) is 9.52 Å². The van der Waals surface area contributed by atoms with Crippen LogP contribution >= 0.6 is 0 Å². The summed E-state index contributed by atoms with van der Waals surface area (Å²) in [6.45, 7) is 1.04. The standard InChI is InChI=1S/C19H20F2N2O4S/c20-17-6-5-16(12-18(17)21)28(26,27)22-14-3-1-13(2-4-14)11-19(25)23-9-7-15(24)8-10-23/h1-6,12,15,22,24H,7-11H2. The maximum Gasteiger partial charge on any atom is 0.261 e. The van der Waals surface area contributed by atoms with Crippen molar-refractivity contribution in [3.05, 3.63) is 59.7 Å². The molecule has 0 saturated carbocycles. The molecule has 0 radical (unpaired) electrons. The minimum atomic E-state index is -4.07. The molecule has 6 nitrogen and oxygen atoms in total. The quantitative estimate of drug-likeness (QED) is 0.792. The van der Waals surface area contributed by atoms with Crippen LogP contribution < -0.4 is 4.72 Å². The maximum absolute atomic E-state index is 13.3. The Bertz CT molecular complexity index is 956. The highest BCUT2D eigenvalue weighted by atomic mass is 32.2. The number of hydrogen-bond donors (Lipinski definition) is 2.